The zero-order valence-corrected chi connectivity index (χ0v) is 12.2. The van der Waals surface area contributed by atoms with E-state index in [-0.39, 0.29) is 0 Å². The molecule has 22 heavy (non-hydrogen) atoms. The van der Waals surface area contributed by atoms with Crippen molar-refractivity contribution in [2.75, 3.05) is 7.11 Å². The van der Waals surface area contributed by atoms with Crippen molar-refractivity contribution in [3.05, 3.63) is 59.7 Å². The number of ether oxygens (including phenoxy) is 2. The highest BCUT2D eigenvalue weighted by Gasteiger charge is 2.14. The van der Waals surface area contributed by atoms with Crippen LogP contribution in [-0.4, -0.2) is 19.1 Å². The molecule has 2 aromatic rings. The van der Waals surface area contributed by atoms with E-state index in [2.05, 4.69) is 10.8 Å². The van der Waals surface area contributed by atoms with Crippen LogP contribution in [0.1, 0.15) is 11.1 Å². The van der Waals surface area contributed by atoms with Crippen molar-refractivity contribution in [3.8, 4) is 17.6 Å². The first-order valence-corrected chi connectivity index (χ1v) is 6.73. The first kappa shape index (κ1) is 15.5. The molecule has 0 aliphatic heterocycles. The van der Waals surface area contributed by atoms with Crippen LogP contribution < -0.4 is 10.5 Å². The summed E-state index contributed by atoms with van der Waals surface area (Å²) < 4.78 is 10.3. The van der Waals surface area contributed by atoms with Gasteiger partial charge in [0.15, 0.2) is 0 Å². The lowest BCUT2D eigenvalue weighted by atomic mass is 10.1. The van der Waals surface area contributed by atoms with Gasteiger partial charge in [0.05, 0.1) is 12.7 Å². The summed E-state index contributed by atoms with van der Waals surface area (Å²) in [5.41, 5.74) is 7.09. The van der Waals surface area contributed by atoms with Crippen molar-refractivity contribution in [2.24, 2.45) is 5.73 Å². The third-order valence-corrected chi connectivity index (χ3v) is 3.12. The third-order valence-electron chi connectivity index (χ3n) is 3.12. The molecule has 0 saturated heterocycles. The highest BCUT2D eigenvalue weighted by molar-refractivity contribution is 5.75. The quantitative estimate of drug-likeness (QED) is 0.856. The summed E-state index contributed by atoms with van der Waals surface area (Å²) >= 11 is 0. The SMILES string of the molecule is COC(=O)[C@@H](N)Cc1ccc(Oc2ccccc2C#N)cc1. The summed E-state index contributed by atoms with van der Waals surface area (Å²) in [5.74, 6) is 0.672. The monoisotopic (exact) mass is 296 g/mol. The van der Waals surface area contributed by atoms with E-state index in [0.29, 0.717) is 23.5 Å². The minimum absolute atomic E-state index is 0.391. The molecule has 112 valence electrons. The number of carbonyl (C=O) groups excluding carboxylic acids is 1. The lowest BCUT2D eigenvalue weighted by molar-refractivity contribution is -0.142. The number of nitriles is 1. The molecule has 0 spiro atoms. The number of nitrogens with zero attached hydrogens (tertiary/aromatic N) is 1. The number of rotatable bonds is 5. The van der Waals surface area contributed by atoms with Gasteiger partial charge in [-0.15, -0.1) is 0 Å². The fourth-order valence-corrected chi connectivity index (χ4v) is 1.96. The Balaban J connectivity index is 2.06. The second-order valence-corrected chi connectivity index (χ2v) is 4.69. The Morgan fingerprint density at radius 1 is 1.23 bits per heavy atom. The predicted molar refractivity (Wildman–Crippen MR) is 81.4 cm³/mol. The van der Waals surface area contributed by atoms with E-state index in [4.69, 9.17) is 15.7 Å². The molecule has 2 N–H and O–H groups in total. The van der Waals surface area contributed by atoms with Crippen molar-refractivity contribution in [1.29, 1.82) is 5.26 Å². The largest absolute Gasteiger partial charge is 0.468 e. The molecule has 2 aromatic carbocycles. The van der Waals surface area contributed by atoms with Crippen molar-refractivity contribution >= 4 is 5.97 Å². The van der Waals surface area contributed by atoms with Crippen LogP contribution in [0.3, 0.4) is 0 Å². The Bertz CT molecular complexity index is 690. The molecule has 0 unspecified atom stereocenters. The lowest BCUT2D eigenvalue weighted by Gasteiger charge is -2.10. The normalized spacial score (nSPS) is 11.3. The summed E-state index contributed by atoms with van der Waals surface area (Å²) in [5, 5.41) is 9.03. The number of nitrogens with two attached hydrogens (primary N) is 1. The molecule has 0 aromatic heterocycles. The maximum absolute atomic E-state index is 11.3. The molecule has 0 aliphatic rings. The van der Waals surface area contributed by atoms with Crippen LogP contribution in [0.4, 0.5) is 0 Å². The minimum Gasteiger partial charge on any atom is -0.468 e. The topological polar surface area (TPSA) is 85.3 Å². The van der Waals surface area contributed by atoms with Gasteiger partial charge in [-0.1, -0.05) is 24.3 Å². The van der Waals surface area contributed by atoms with Crippen LogP contribution >= 0.6 is 0 Å². The maximum Gasteiger partial charge on any atom is 0.322 e. The maximum atomic E-state index is 11.3. The highest BCUT2D eigenvalue weighted by Crippen LogP contribution is 2.25. The summed E-state index contributed by atoms with van der Waals surface area (Å²) in [6, 6.07) is 15.6. The number of para-hydroxylation sites is 1. The van der Waals surface area contributed by atoms with E-state index in [9.17, 15) is 4.79 Å². The first-order valence-electron chi connectivity index (χ1n) is 6.73. The zero-order valence-electron chi connectivity index (χ0n) is 12.2. The third kappa shape index (κ3) is 3.84. The molecule has 5 nitrogen and oxygen atoms in total. The second-order valence-electron chi connectivity index (χ2n) is 4.69. The number of carbonyl (C=O) groups is 1. The molecule has 0 saturated carbocycles. The second kappa shape index (κ2) is 7.25. The van der Waals surface area contributed by atoms with Gasteiger partial charge >= 0.3 is 5.97 Å². The van der Waals surface area contributed by atoms with E-state index >= 15 is 0 Å². The average molecular weight is 296 g/mol. The van der Waals surface area contributed by atoms with Gasteiger partial charge in [0.25, 0.3) is 0 Å². The van der Waals surface area contributed by atoms with Gasteiger partial charge in [0, 0.05) is 0 Å². The number of hydrogen-bond donors (Lipinski definition) is 1. The van der Waals surface area contributed by atoms with Gasteiger partial charge in [0.2, 0.25) is 0 Å². The number of methoxy groups -OCH3 is 1. The number of hydrogen-bond acceptors (Lipinski definition) is 5. The summed E-state index contributed by atoms with van der Waals surface area (Å²) in [7, 11) is 1.31. The zero-order chi connectivity index (χ0) is 15.9. The number of esters is 1. The lowest BCUT2D eigenvalue weighted by Crippen LogP contribution is -2.33. The van der Waals surface area contributed by atoms with Gasteiger partial charge in [-0.3, -0.25) is 4.79 Å². The minimum atomic E-state index is -0.684. The fraction of sp³-hybridized carbons (Fsp3) is 0.176. The molecular weight excluding hydrogens is 280 g/mol. The molecule has 0 fully saturated rings. The molecule has 0 aliphatic carbocycles. The number of benzene rings is 2. The molecule has 0 radical (unpaired) electrons. The fourth-order valence-electron chi connectivity index (χ4n) is 1.96. The van der Waals surface area contributed by atoms with Gasteiger partial charge in [0.1, 0.15) is 23.6 Å². The van der Waals surface area contributed by atoms with Gasteiger partial charge in [-0.25, -0.2) is 0 Å². The summed E-state index contributed by atoms with van der Waals surface area (Å²) in [6.45, 7) is 0. The van der Waals surface area contributed by atoms with Crippen LogP contribution in [0.5, 0.6) is 11.5 Å². The molecular formula is C17H16N2O3. The average Bonchev–Trinajstić information content (AvgIpc) is 2.56. The van der Waals surface area contributed by atoms with E-state index < -0.39 is 12.0 Å². The predicted octanol–water partition coefficient (Wildman–Crippen LogP) is 2.39. The molecule has 2 rings (SSSR count). The van der Waals surface area contributed by atoms with Gasteiger partial charge < -0.3 is 15.2 Å². The van der Waals surface area contributed by atoms with E-state index in [1.54, 1.807) is 36.4 Å². The van der Waals surface area contributed by atoms with Crippen molar-refractivity contribution in [1.82, 2.24) is 0 Å². The standard InChI is InChI=1S/C17H16N2O3/c1-21-17(20)15(19)10-12-6-8-14(9-7-12)22-16-5-3-2-4-13(16)11-18/h2-9,15H,10,19H2,1H3/t15-/m0/s1. The van der Waals surface area contributed by atoms with Crippen LogP contribution in [0, 0.1) is 11.3 Å². The summed E-state index contributed by atoms with van der Waals surface area (Å²) in [4.78, 5) is 11.3. The molecule has 1 atom stereocenters. The van der Waals surface area contributed by atoms with E-state index in [1.807, 2.05) is 12.1 Å². The van der Waals surface area contributed by atoms with Gasteiger partial charge in [-0.2, -0.15) is 5.26 Å². The van der Waals surface area contributed by atoms with Crippen LogP contribution in [0.15, 0.2) is 48.5 Å². The Morgan fingerprint density at radius 2 is 1.91 bits per heavy atom. The van der Waals surface area contributed by atoms with Gasteiger partial charge in [-0.05, 0) is 36.2 Å². The Kier molecular flexibility index (Phi) is 5.12. The molecule has 0 bridgehead atoms. The van der Waals surface area contributed by atoms with E-state index in [0.717, 1.165) is 5.56 Å². The first-order chi connectivity index (χ1) is 10.6. The van der Waals surface area contributed by atoms with E-state index in [1.165, 1.54) is 7.11 Å². The Morgan fingerprint density at radius 3 is 2.55 bits per heavy atom. The van der Waals surface area contributed by atoms with Crippen LogP contribution in [0.25, 0.3) is 0 Å². The Hall–Kier alpha value is -2.84. The molecule has 0 amide bonds. The summed E-state index contributed by atoms with van der Waals surface area (Å²) in [6.07, 6.45) is 0.391. The van der Waals surface area contributed by atoms with Crippen LogP contribution in [0.2, 0.25) is 0 Å². The van der Waals surface area contributed by atoms with Crippen molar-refractivity contribution < 1.29 is 14.3 Å². The van der Waals surface area contributed by atoms with Crippen molar-refractivity contribution in [2.45, 2.75) is 12.5 Å². The van der Waals surface area contributed by atoms with Crippen LogP contribution in [-0.2, 0) is 16.0 Å². The smallest absolute Gasteiger partial charge is 0.322 e. The van der Waals surface area contributed by atoms with Crippen molar-refractivity contribution in [3.63, 3.8) is 0 Å². The molecule has 5 heteroatoms. The molecule has 0 heterocycles. The highest BCUT2D eigenvalue weighted by atomic mass is 16.5. The Labute approximate surface area is 128 Å².